The van der Waals surface area contributed by atoms with Gasteiger partial charge in [0.05, 0.1) is 12.5 Å². The Balaban J connectivity index is 1.77. The summed E-state index contributed by atoms with van der Waals surface area (Å²) in [7, 11) is 0. The smallest absolute Gasteiger partial charge is 0.231 e. The number of carbonyl (C=O) groups is 1. The molecule has 2 aromatic rings. The number of amides is 1. The highest BCUT2D eigenvalue weighted by Crippen LogP contribution is 2.32. The number of hydrogen-bond donors (Lipinski definition) is 1. The van der Waals surface area contributed by atoms with Crippen LogP contribution in [0.5, 0.6) is 11.5 Å². The Morgan fingerprint density at radius 1 is 1.31 bits per heavy atom. The molecule has 1 aliphatic rings. The van der Waals surface area contributed by atoms with E-state index in [1.54, 1.807) is 0 Å². The zero-order valence-corrected chi connectivity index (χ0v) is 16.0. The molecular weight excluding hydrogens is 326 g/mol. The molecule has 1 N–H and O–H groups in total. The molecule has 1 unspecified atom stereocenters. The van der Waals surface area contributed by atoms with Crippen LogP contribution in [0.1, 0.15) is 43.4 Å². The molecule has 26 heavy (non-hydrogen) atoms. The van der Waals surface area contributed by atoms with E-state index in [9.17, 15) is 4.79 Å². The SMILES string of the molecule is CCOc1ccc2c(c1)CC(C(=O)Nc1c(C)cccc1C(C)C)CO2. The molecule has 0 aromatic heterocycles. The van der Waals surface area contributed by atoms with E-state index in [0.717, 1.165) is 33.9 Å². The first kappa shape index (κ1) is 18.3. The molecule has 3 rings (SSSR count). The number of benzene rings is 2. The van der Waals surface area contributed by atoms with Gasteiger partial charge in [0.1, 0.15) is 18.1 Å². The molecule has 1 atom stereocenters. The zero-order chi connectivity index (χ0) is 18.7. The number of fused-ring (bicyclic) bond motifs is 1. The molecule has 138 valence electrons. The van der Waals surface area contributed by atoms with Gasteiger partial charge in [0.2, 0.25) is 5.91 Å². The molecule has 0 bridgehead atoms. The summed E-state index contributed by atoms with van der Waals surface area (Å²) < 4.78 is 11.4. The highest BCUT2D eigenvalue weighted by atomic mass is 16.5. The molecule has 1 aliphatic heterocycles. The minimum atomic E-state index is -0.209. The first-order valence-electron chi connectivity index (χ1n) is 9.28. The maximum Gasteiger partial charge on any atom is 0.231 e. The van der Waals surface area contributed by atoms with Crippen LogP contribution < -0.4 is 14.8 Å². The van der Waals surface area contributed by atoms with Crippen molar-refractivity contribution in [2.45, 2.75) is 40.0 Å². The van der Waals surface area contributed by atoms with Gasteiger partial charge in [-0.1, -0.05) is 32.0 Å². The summed E-state index contributed by atoms with van der Waals surface area (Å²) in [6.07, 6.45) is 0.658. The van der Waals surface area contributed by atoms with Crippen molar-refractivity contribution in [3.8, 4) is 11.5 Å². The summed E-state index contributed by atoms with van der Waals surface area (Å²) >= 11 is 0. The van der Waals surface area contributed by atoms with Crippen molar-refractivity contribution in [1.82, 2.24) is 0 Å². The Labute approximate surface area is 155 Å². The summed E-state index contributed by atoms with van der Waals surface area (Å²) in [4.78, 5) is 12.9. The second kappa shape index (κ2) is 7.81. The zero-order valence-electron chi connectivity index (χ0n) is 16.0. The number of anilines is 1. The molecule has 0 saturated carbocycles. The van der Waals surface area contributed by atoms with Crippen LogP contribution in [-0.4, -0.2) is 19.1 Å². The third-order valence-electron chi connectivity index (χ3n) is 4.80. The fourth-order valence-corrected chi connectivity index (χ4v) is 3.36. The number of rotatable bonds is 5. The molecule has 0 fully saturated rings. The lowest BCUT2D eigenvalue weighted by Crippen LogP contribution is -2.33. The van der Waals surface area contributed by atoms with Gasteiger partial charge in [-0.25, -0.2) is 0 Å². The van der Waals surface area contributed by atoms with E-state index in [1.165, 1.54) is 0 Å². The minimum absolute atomic E-state index is 0.00802. The third-order valence-corrected chi connectivity index (χ3v) is 4.80. The standard InChI is InChI=1S/C22H27NO3/c1-5-25-18-9-10-20-16(12-18)11-17(13-26-20)22(24)23-21-15(4)7-6-8-19(21)14(2)3/h6-10,12,14,17H,5,11,13H2,1-4H3,(H,23,24). The number of carbonyl (C=O) groups excluding carboxylic acids is 1. The lowest BCUT2D eigenvalue weighted by atomic mass is 9.94. The quantitative estimate of drug-likeness (QED) is 0.847. The highest BCUT2D eigenvalue weighted by Gasteiger charge is 2.27. The van der Waals surface area contributed by atoms with Crippen molar-refractivity contribution in [3.63, 3.8) is 0 Å². The Hall–Kier alpha value is -2.49. The molecular formula is C22H27NO3. The van der Waals surface area contributed by atoms with Crippen LogP contribution in [-0.2, 0) is 11.2 Å². The first-order valence-corrected chi connectivity index (χ1v) is 9.28. The van der Waals surface area contributed by atoms with Crippen LogP contribution in [0.2, 0.25) is 0 Å². The first-order chi connectivity index (χ1) is 12.5. The van der Waals surface area contributed by atoms with E-state index < -0.39 is 0 Å². The Bertz CT molecular complexity index is 798. The molecule has 4 heteroatoms. The van der Waals surface area contributed by atoms with Crippen LogP contribution in [0, 0.1) is 12.8 Å². The lowest BCUT2D eigenvalue weighted by Gasteiger charge is -2.26. The summed E-state index contributed by atoms with van der Waals surface area (Å²) in [5.41, 5.74) is 4.20. The van der Waals surface area contributed by atoms with Crippen molar-refractivity contribution in [3.05, 3.63) is 53.1 Å². The van der Waals surface area contributed by atoms with Gasteiger partial charge in [-0.05, 0) is 61.1 Å². The van der Waals surface area contributed by atoms with Crippen LogP contribution in [0.3, 0.4) is 0 Å². The van der Waals surface area contributed by atoms with Crippen LogP contribution in [0.4, 0.5) is 5.69 Å². The monoisotopic (exact) mass is 353 g/mol. The number of ether oxygens (including phenoxy) is 2. The molecule has 4 nitrogen and oxygen atoms in total. The van der Waals surface area contributed by atoms with Crippen molar-refractivity contribution in [1.29, 1.82) is 0 Å². The molecule has 1 amide bonds. The Morgan fingerprint density at radius 2 is 2.12 bits per heavy atom. The summed E-state index contributed by atoms with van der Waals surface area (Å²) in [5.74, 6) is 1.81. The van der Waals surface area contributed by atoms with Crippen molar-refractivity contribution in [2.24, 2.45) is 5.92 Å². The van der Waals surface area contributed by atoms with Gasteiger partial charge in [0.15, 0.2) is 0 Å². The number of nitrogens with one attached hydrogen (secondary N) is 1. The molecule has 1 heterocycles. The number of para-hydroxylation sites is 1. The molecule has 2 aromatic carbocycles. The predicted molar refractivity (Wildman–Crippen MR) is 104 cm³/mol. The van der Waals surface area contributed by atoms with Gasteiger partial charge in [0, 0.05) is 5.69 Å². The van der Waals surface area contributed by atoms with Crippen molar-refractivity contribution < 1.29 is 14.3 Å². The minimum Gasteiger partial charge on any atom is -0.494 e. The number of hydrogen-bond acceptors (Lipinski definition) is 3. The maximum atomic E-state index is 12.9. The van der Waals surface area contributed by atoms with Gasteiger partial charge in [-0.3, -0.25) is 4.79 Å². The van der Waals surface area contributed by atoms with Gasteiger partial charge in [-0.15, -0.1) is 0 Å². The van der Waals surface area contributed by atoms with Crippen LogP contribution >= 0.6 is 0 Å². The van der Waals surface area contributed by atoms with Gasteiger partial charge >= 0.3 is 0 Å². The number of aryl methyl sites for hydroxylation is 1. The van der Waals surface area contributed by atoms with Crippen molar-refractivity contribution >= 4 is 11.6 Å². The highest BCUT2D eigenvalue weighted by molar-refractivity contribution is 5.94. The van der Waals surface area contributed by atoms with Crippen LogP contribution in [0.15, 0.2) is 36.4 Å². The average Bonchev–Trinajstić information content (AvgIpc) is 2.62. The second-order valence-electron chi connectivity index (χ2n) is 7.10. The maximum absolute atomic E-state index is 12.9. The van der Waals surface area contributed by atoms with Crippen molar-refractivity contribution in [2.75, 3.05) is 18.5 Å². The Kier molecular flexibility index (Phi) is 5.50. The largest absolute Gasteiger partial charge is 0.494 e. The average molecular weight is 353 g/mol. The van der Waals surface area contributed by atoms with Crippen LogP contribution in [0.25, 0.3) is 0 Å². The Morgan fingerprint density at radius 3 is 2.85 bits per heavy atom. The van der Waals surface area contributed by atoms with Gasteiger partial charge < -0.3 is 14.8 Å². The summed E-state index contributed by atoms with van der Waals surface area (Å²) in [5, 5.41) is 3.15. The lowest BCUT2D eigenvalue weighted by molar-refractivity contribution is -0.121. The van der Waals surface area contributed by atoms with E-state index in [4.69, 9.17) is 9.47 Å². The summed E-state index contributed by atoms with van der Waals surface area (Å²) in [6, 6.07) is 12.0. The fourth-order valence-electron chi connectivity index (χ4n) is 3.36. The molecule has 0 saturated heterocycles. The van der Waals surface area contributed by atoms with E-state index in [2.05, 4.69) is 25.2 Å². The van der Waals surface area contributed by atoms with Gasteiger partial charge in [0.25, 0.3) is 0 Å². The van der Waals surface area contributed by atoms with E-state index in [-0.39, 0.29) is 11.8 Å². The van der Waals surface area contributed by atoms with Gasteiger partial charge in [-0.2, -0.15) is 0 Å². The second-order valence-corrected chi connectivity index (χ2v) is 7.10. The summed E-state index contributed by atoms with van der Waals surface area (Å²) in [6.45, 7) is 9.28. The molecule has 0 spiro atoms. The molecule has 0 radical (unpaired) electrons. The van der Waals surface area contributed by atoms with E-state index >= 15 is 0 Å². The van der Waals surface area contributed by atoms with E-state index in [0.29, 0.717) is 25.6 Å². The normalized spacial score (nSPS) is 16.0. The van der Waals surface area contributed by atoms with E-state index in [1.807, 2.05) is 44.2 Å². The third kappa shape index (κ3) is 3.85. The predicted octanol–water partition coefficient (Wildman–Crippen LogP) is 4.71. The fraction of sp³-hybridized carbons (Fsp3) is 0.409. The topological polar surface area (TPSA) is 47.6 Å². The molecule has 0 aliphatic carbocycles.